The maximum atomic E-state index is 12.6. The molecule has 0 fully saturated rings. The van der Waals surface area contributed by atoms with Crippen LogP contribution in [-0.2, 0) is 14.6 Å². The molecule has 0 aromatic heterocycles. The van der Waals surface area contributed by atoms with Crippen molar-refractivity contribution in [3.05, 3.63) is 30.3 Å². The molecule has 118 valence electrons. The van der Waals surface area contributed by atoms with Crippen molar-refractivity contribution in [2.24, 2.45) is 0 Å². The summed E-state index contributed by atoms with van der Waals surface area (Å²) in [6, 6.07) is 8.06. The van der Waals surface area contributed by atoms with Crippen molar-refractivity contribution in [3.8, 4) is 0 Å². The predicted molar refractivity (Wildman–Crippen MR) is 82.9 cm³/mol. The van der Waals surface area contributed by atoms with Crippen LogP contribution in [0.25, 0.3) is 0 Å². The Morgan fingerprint density at radius 1 is 1.19 bits per heavy atom. The van der Waals surface area contributed by atoms with E-state index in [1.807, 2.05) is 6.92 Å². The molecule has 2 atom stereocenters. The lowest BCUT2D eigenvalue weighted by Gasteiger charge is -2.17. The fraction of sp³-hybridized carbons (Fsp3) is 0.562. The maximum Gasteiger partial charge on any atom is 0.188 e. The highest BCUT2D eigenvalue weighted by Gasteiger charge is 2.33. The number of unbranched alkanes of at least 4 members (excludes halogenated alkanes) is 2. The predicted octanol–water partition coefficient (Wildman–Crippen LogP) is 2.75. The van der Waals surface area contributed by atoms with Crippen LogP contribution in [0.15, 0.2) is 35.2 Å². The Morgan fingerprint density at radius 3 is 2.33 bits per heavy atom. The van der Waals surface area contributed by atoms with Gasteiger partial charge in [0.15, 0.2) is 15.6 Å². The second-order valence-electron chi connectivity index (χ2n) is 5.36. The van der Waals surface area contributed by atoms with Crippen LogP contribution in [0.1, 0.15) is 46.0 Å². The summed E-state index contributed by atoms with van der Waals surface area (Å²) in [6.07, 6.45) is 1.92. The summed E-state index contributed by atoms with van der Waals surface area (Å²) >= 11 is 0. The molecule has 0 aliphatic heterocycles. The number of rotatable bonds is 9. The molecule has 1 rings (SSSR count). The third-order valence-corrected chi connectivity index (χ3v) is 5.55. The molecule has 2 unspecified atom stereocenters. The molecule has 0 heterocycles. The number of sulfone groups is 1. The average Bonchev–Trinajstić information content (AvgIpc) is 2.43. The third kappa shape index (κ3) is 5.25. The second-order valence-corrected chi connectivity index (χ2v) is 7.49. The first-order valence-electron chi connectivity index (χ1n) is 7.39. The van der Waals surface area contributed by atoms with Gasteiger partial charge in [0.1, 0.15) is 5.25 Å². The number of ketones is 1. The smallest absolute Gasteiger partial charge is 0.188 e. The van der Waals surface area contributed by atoms with Gasteiger partial charge in [-0.25, -0.2) is 8.42 Å². The Morgan fingerprint density at radius 2 is 1.81 bits per heavy atom. The van der Waals surface area contributed by atoms with E-state index in [-0.39, 0.29) is 11.3 Å². The molecule has 1 aromatic carbocycles. The monoisotopic (exact) mass is 312 g/mol. The summed E-state index contributed by atoms with van der Waals surface area (Å²) in [4.78, 5) is 12.4. The van der Waals surface area contributed by atoms with Gasteiger partial charge in [0.25, 0.3) is 0 Å². The molecule has 21 heavy (non-hydrogen) atoms. The third-order valence-electron chi connectivity index (χ3n) is 3.37. The highest BCUT2D eigenvalue weighted by atomic mass is 32.2. The van der Waals surface area contributed by atoms with E-state index in [0.29, 0.717) is 12.8 Å². The van der Waals surface area contributed by atoms with Crippen molar-refractivity contribution >= 4 is 15.6 Å². The zero-order valence-electron chi connectivity index (χ0n) is 12.7. The fourth-order valence-corrected chi connectivity index (χ4v) is 4.05. The van der Waals surface area contributed by atoms with Crippen LogP contribution in [0, 0.1) is 0 Å². The average molecular weight is 312 g/mol. The maximum absolute atomic E-state index is 12.6. The Balaban J connectivity index is 3.02. The lowest BCUT2D eigenvalue weighted by atomic mass is 10.1. The minimum absolute atomic E-state index is 0.122. The van der Waals surface area contributed by atoms with Gasteiger partial charge < -0.3 is 5.11 Å². The summed E-state index contributed by atoms with van der Waals surface area (Å²) in [6.45, 7) is 3.52. The molecular formula is C16H24O4S. The van der Waals surface area contributed by atoms with E-state index in [4.69, 9.17) is 0 Å². The minimum atomic E-state index is -3.69. The van der Waals surface area contributed by atoms with Crippen LogP contribution < -0.4 is 0 Å². The van der Waals surface area contributed by atoms with Gasteiger partial charge in [0, 0.05) is 6.42 Å². The summed E-state index contributed by atoms with van der Waals surface area (Å²) in [5.41, 5.74) is 0. The van der Waals surface area contributed by atoms with Crippen molar-refractivity contribution < 1.29 is 18.3 Å². The number of hydrogen-bond acceptors (Lipinski definition) is 4. The number of hydrogen-bond donors (Lipinski definition) is 1. The summed E-state index contributed by atoms with van der Waals surface area (Å²) in [7, 11) is -3.69. The molecule has 0 saturated heterocycles. The SMILES string of the molecule is CCCCCC(C(=O)CC(C)O)S(=O)(=O)c1ccccc1. The van der Waals surface area contributed by atoms with Gasteiger partial charge in [-0.1, -0.05) is 44.4 Å². The molecule has 0 aliphatic carbocycles. The first-order valence-corrected chi connectivity index (χ1v) is 8.94. The molecule has 0 aliphatic rings. The van der Waals surface area contributed by atoms with Crippen LogP contribution in [0.2, 0.25) is 0 Å². The summed E-state index contributed by atoms with van der Waals surface area (Å²) in [5.74, 6) is -0.398. The topological polar surface area (TPSA) is 71.4 Å². The van der Waals surface area contributed by atoms with E-state index in [1.54, 1.807) is 18.2 Å². The molecule has 1 N–H and O–H groups in total. The van der Waals surface area contributed by atoms with E-state index in [2.05, 4.69) is 0 Å². The highest BCUT2D eigenvalue weighted by molar-refractivity contribution is 7.92. The summed E-state index contributed by atoms with van der Waals surface area (Å²) < 4.78 is 25.3. The molecular weight excluding hydrogens is 288 g/mol. The first kappa shape index (κ1) is 17.9. The van der Waals surface area contributed by atoms with Crippen LogP contribution in [0.5, 0.6) is 0 Å². The minimum Gasteiger partial charge on any atom is -0.393 e. The molecule has 0 spiro atoms. The normalized spacial score (nSPS) is 14.6. The number of carbonyl (C=O) groups excluding carboxylic acids is 1. The molecule has 0 radical (unpaired) electrons. The Bertz CT molecular complexity index is 535. The van der Waals surface area contributed by atoms with Gasteiger partial charge in [-0.3, -0.25) is 4.79 Å². The quantitative estimate of drug-likeness (QED) is 0.712. The zero-order chi connectivity index (χ0) is 15.9. The van der Waals surface area contributed by atoms with Crippen LogP contribution in [0.4, 0.5) is 0 Å². The molecule has 0 amide bonds. The number of Topliss-reactive ketones (excluding diaryl/α,β-unsaturated/α-hetero) is 1. The van der Waals surface area contributed by atoms with Gasteiger partial charge in [0.05, 0.1) is 11.0 Å². The van der Waals surface area contributed by atoms with Crippen molar-refractivity contribution in [2.45, 2.75) is 62.2 Å². The number of aliphatic hydroxyl groups excluding tert-OH is 1. The van der Waals surface area contributed by atoms with Gasteiger partial charge in [-0.2, -0.15) is 0 Å². The van der Waals surface area contributed by atoms with Crippen LogP contribution in [0.3, 0.4) is 0 Å². The Labute approximate surface area is 127 Å². The molecule has 5 heteroatoms. The van der Waals surface area contributed by atoms with Crippen LogP contribution >= 0.6 is 0 Å². The Kier molecular flexibility index (Phi) is 7.05. The number of carbonyl (C=O) groups is 1. The zero-order valence-corrected chi connectivity index (χ0v) is 13.5. The lowest BCUT2D eigenvalue weighted by molar-refractivity contribution is -0.120. The van der Waals surface area contributed by atoms with E-state index in [0.717, 1.165) is 12.8 Å². The number of aliphatic hydroxyl groups is 1. The molecule has 0 bridgehead atoms. The van der Waals surface area contributed by atoms with Gasteiger partial charge in [-0.15, -0.1) is 0 Å². The lowest BCUT2D eigenvalue weighted by Crippen LogP contribution is -2.32. The van der Waals surface area contributed by atoms with Crippen molar-refractivity contribution in [2.75, 3.05) is 0 Å². The van der Waals surface area contributed by atoms with Gasteiger partial charge in [0.2, 0.25) is 0 Å². The van der Waals surface area contributed by atoms with E-state index in [9.17, 15) is 18.3 Å². The standard InChI is InChI=1S/C16H24O4S/c1-3-4-6-11-16(15(18)12-13(2)17)21(19,20)14-9-7-5-8-10-14/h5,7-10,13,16-17H,3-4,6,11-12H2,1-2H3. The highest BCUT2D eigenvalue weighted by Crippen LogP contribution is 2.22. The summed E-state index contributed by atoms with van der Waals surface area (Å²) in [5, 5.41) is 8.31. The number of benzene rings is 1. The van der Waals surface area contributed by atoms with E-state index >= 15 is 0 Å². The van der Waals surface area contributed by atoms with Gasteiger partial charge >= 0.3 is 0 Å². The fourth-order valence-electron chi connectivity index (χ4n) is 2.27. The van der Waals surface area contributed by atoms with Crippen molar-refractivity contribution in [1.29, 1.82) is 0 Å². The van der Waals surface area contributed by atoms with Crippen molar-refractivity contribution in [3.63, 3.8) is 0 Å². The molecule has 0 saturated carbocycles. The van der Waals surface area contributed by atoms with E-state index < -0.39 is 27.0 Å². The second kappa shape index (κ2) is 8.29. The van der Waals surface area contributed by atoms with Gasteiger partial charge in [-0.05, 0) is 25.5 Å². The Hall–Kier alpha value is -1.20. The molecule has 4 nitrogen and oxygen atoms in total. The largest absolute Gasteiger partial charge is 0.393 e. The van der Waals surface area contributed by atoms with E-state index in [1.165, 1.54) is 19.1 Å². The first-order chi connectivity index (χ1) is 9.89. The molecule has 1 aromatic rings. The van der Waals surface area contributed by atoms with Crippen LogP contribution in [-0.4, -0.2) is 30.7 Å². The van der Waals surface area contributed by atoms with Crippen molar-refractivity contribution in [1.82, 2.24) is 0 Å².